The number of hydrogen-bond acceptors (Lipinski definition) is 6. The van der Waals surface area contributed by atoms with Crippen LogP contribution in [0.2, 0.25) is 10.0 Å². The van der Waals surface area contributed by atoms with Gasteiger partial charge in [0.2, 0.25) is 0 Å². The summed E-state index contributed by atoms with van der Waals surface area (Å²) < 4.78 is 1.58. The van der Waals surface area contributed by atoms with Gasteiger partial charge in [-0.1, -0.05) is 29.3 Å². The van der Waals surface area contributed by atoms with Crippen molar-refractivity contribution >= 4 is 46.3 Å². The van der Waals surface area contributed by atoms with Crippen molar-refractivity contribution in [3.63, 3.8) is 0 Å². The number of nitrogens with one attached hydrogen (secondary N) is 1. The average Bonchev–Trinajstić information content (AvgIpc) is 3.22. The minimum atomic E-state index is -0.466. The number of carbonyl (C=O) groups excluding carboxylic acids is 1. The Morgan fingerprint density at radius 1 is 1.12 bits per heavy atom. The zero-order valence-corrected chi connectivity index (χ0v) is 19.4. The number of rotatable bonds is 6. The van der Waals surface area contributed by atoms with Crippen LogP contribution in [-0.2, 0) is 6.54 Å². The maximum Gasteiger partial charge on any atom is 0.293 e. The van der Waals surface area contributed by atoms with Crippen molar-refractivity contribution in [2.75, 3.05) is 43.4 Å². The SMILES string of the molecule is CN1CCN(c2ccc(C(=O)Nc3ccnn3Cc3ccc(Cl)cc3Cl)cc2[N+](=O)[O-])CC1. The number of anilines is 2. The predicted molar refractivity (Wildman–Crippen MR) is 129 cm³/mol. The largest absolute Gasteiger partial charge is 0.363 e. The number of benzene rings is 2. The highest BCUT2D eigenvalue weighted by Gasteiger charge is 2.24. The first kappa shape index (κ1) is 23.0. The fourth-order valence-corrected chi connectivity index (χ4v) is 4.16. The average molecular weight is 489 g/mol. The molecule has 0 aliphatic carbocycles. The predicted octanol–water partition coefficient (Wildman–Crippen LogP) is 4.15. The summed E-state index contributed by atoms with van der Waals surface area (Å²) in [6.07, 6.45) is 1.55. The lowest BCUT2D eigenvalue weighted by Crippen LogP contribution is -2.44. The van der Waals surface area contributed by atoms with Gasteiger partial charge in [-0.05, 0) is 36.9 Å². The molecule has 0 atom stereocenters. The van der Waals surface area contributed by atoms with Crippen LogP contribution in [-0.4, -0.2) is 58.7 Å². The van der Waals surface area contributed by atoms with E-state index >= 15 is 0 Å². The van der Waals surface area contributed by atoms with Gasteiger partial charge in [-0.2, -0.15) is 5.10 Å². The van der Waals surface area contributed by atoms with Crippen molar-refractivity contribution < 1.29 is 9.72 Å². The van der Waals surface area contributed by atoms with E-state index in [-0.39, 0.29) is 11.3 Å². The van der Waals surface area contributed by atoms with E-state index in [0.717, 1.165) is 18.7 Å². The number of hydrogen-bond donors (Lipinski definition) is 1. The van der Waals surface area contributed by atoms with Gasteiger partial charge in [0.25, 0.3) is 11.6 Å². The molecule has 1 aliphatic heterocycles. The van der Waals surface area contributed by atoms with E-state index in [1.54, 1.807) is 47.3 Å². The zero-order chi connectivity index (χ0) is 23.5. The minimum absolute atomic E-state index is 0.0892. The third kappa shape index (κ3) is 5.27. The van der Waals surface area contributed by atoms with Crippen LogP contribution in [0.3, 0.4) is 0 Å². The maximum atomic E-state index is 12.9. The van der Waals surface area contributed by atoms with Crippen molar-refractivity contribution in [3.05, 3.63) is 79.9 Å². The van der Waals surface area contributed by atoms with E-state index in [1.807, 2.05) is 11.9 Å². The van der Waals surface area contributed by atoms with Crippen molar-refractivity contribution in [2.45, 2.75) is 6.54 Å². The highest BCUT2D eigenvalue weighted by atomic mass is 35.5. The Morgan fingerprint density at radius 3 is 2.58 bits per heavy atom. The van der Waals surface area contributed by atoms with Crippen LogP contribution in [0, 0.1) is 10.1 Å². The Morgan fingerprint density at radius 2 is 1.88 bits per heavy atom. The molecule has 1 amide bonds. The second-order valence-corrected chi connectivity index (χ2v) is 8.66. The maximum absolute atomic E-state index is 12.9. The number of nitro groups is 1. The number of carbonyl (C=O) groups is 1. The number of halogens is 2. The summed E-state index contributed by atoms with van der Waals surface area (Å²) in [6, 6.07) is 11.4. The molecule has 33 heavy (non-hydrogen) atoms. The van der Waals surface area contributed by atoms with Crippen LogP contribution in [0.4, 0.5) is 17.2 Å². The molecule has 1 saturated heterocycles. The van der Waals surface area contributed by atoms with Gasteiger partial charge in [0, 0.05) is 53.9 Å². The molecule has 0 bridgehead atoms. The number of likely N-dealkylation sites (N-methyl/N-ethyl adjacent to an activating group) is 1. The van der Waals surface area contributed by atoms with Crippen molar-refractivity contribution in [1.29, 1.82) is 0 Å². The van der Waals surface area contributed by atoms with Crippen LogP contribution >= 0.6 is 23.2 Å². The van der Waals surface area contributed by atoms with E-state index < -0.39 is 10.8 Å². The van der Waals surface area contributed by atoms with E-state index in [1.165, 1.54) is 6.07 Å². The van der Waals surface area contributed by atoms with Crippen LogP contribution < -0.4 is 10.2 Å². The molecule has 11 heteroatoms. The molecule has 9 nitrogen and oxygen atoms in total. The second kappa shape index (κ2) is 9.78. The summed E-state index contributed by atoms with van der Waals surface area (Å²) in [6.45, 7) is 3.34. The summed E-state index contributed by atoms with van der Waals surface area (Å²) in [5.74, 6) is -0.0243. The Hall–Kier alpha value is -3.14. The van der Waals surface area contributed by atoms with Crippen molar-refractivity contribution in [3.8, 4) is 0 Å². The highest BCUT2D eigenvalue weighted by Crippen LogP contribution is 2.30. The lowest BCUT2D eigenvalue weighted by molar-refractivity contribution is -0.384. The molecule has 4 rings (SSSR count). The molecule has 2 heterocycles. The smallest absolute Gasteiger partial charge is 0.293 e. The molecule has 0 radical (unpaired) electrons. The molecular weight excluding hydrogens is 467 g/mol. The van der Waals surface area contributed by atoms with Gasteiger partial charge in [0.15, 0.2) is 0 Å². The monoisotopic (exact) mass is 488 g/mol. The summed E-state index contributed by atoms with van der Waals surface area (Å²) in [4.78, 5) is 28.3. The summed E-state index contributed by atoms with van der Waals surface area (Å²) in [5.41, 5.74) is 1.41. The molecule has 3 aromatic rings. The fraction of sp³-hybridized carbons (Fsp3) is 0.273. The molecule has 1 aliphatic rings. The van der Waals surface area contributed by atoms with Gasteiger partial charge >= 0.3 is 0 Å². The molecule has 172 valence electrons. The molecule has 0 unspecified atom stereocenters. The lowest BCUT2D eigenvalue weighted by atomic mass is 10.1. The van der Waals surface area contributed by atoms with Gasteiger partial charge in [-0.3, -0.25) is 14.9 Å². The molecular formula is C22H22Cl2N6O3. The van der Waals surface area contributed by atoms with E-state index in [4.69, 9.17) is 23.2 Å². The molecule has 1 N–H and O–H groups in total. The van der Waals surface area contributed by atoms with Gasteiger partial charge in [-0.15, -0.1) is 0 Å². The Bertz CT molecular complexity index is 1190. The van der Waals surface area contributed by atoms with Crippen LogP contribution in [0.25, 0.3) is 0 Å². The third-order valence-electron chi connectivity index (χ3n) is 5.57. The van der Waals surface area contributed by atoms with Crippen LogP contribution in [0.5, 0.6) is 0 Å². The Labute approximate surface area is 200 Å². The zero-order valence-electron chi connectivity index (χ0n) is 17.9. The second-order valence-electron chi connectivity index (χ2n) is 7.81. The minimum Gasteiger partial charge on any atom is -0.363 e. The Kier molecular flexibility index (Phi) is 6.83. The normalized spacial score (nSPS) is 14.3. The molecule has 0 spiro atoms. The number of amides is 1. The van der Waals surface area contributed by atoms with Gasteiger partial charge in [-0.25, -0.2) is 4.68 Å². The lowest BCUT2D eigenvalue weighted by Gasteiger charge is -2.33. The van der Waals surface area contributed by atoms with E-state index in [2.05, 4.69) is 15.3 Å². The van der Waals surface area contributed by atoms with Gasteiger partial charge < -0.3 is 15.1 Å². The van der Waals surface area contributed by atoms with Crippen molar-refractivity contribution in [2.24, 2.45) is 0 Å². The number of piperazine rings is 1. The number of nitro benzene ring substituents is 1. The van der Waals surface area contributed by atoms with Crippen LogP contribution in [0.1, 0.15) is 15.9 Å². The first-order valence-electron chi connectivity index (χ1n) is 10.3. The molecule has 2 aromatic carbocycles. The van der Waals surface area contributed by atoms with Crippen molar-refractivity contribution in [1.82, 2.24) is 14.7 Å². The van der Waals surface area contributed by atoms with Crippen LogP contribution in [0.15, 0.2) is 48.7 Å². The first-order valence-corrected chi connectivity index (χ1v) is 11.1. The number of nitrogens with zero attached hydrogens (tertiary/aromatic N) is 5. The summed E-state index contributed by atoms with van der Waals surface area (Å²) >= 11 is 12.2. The molecule has 1 fully saturated rings. The highest BCUT2D eigenvalue weighted by molar-refractivity contribution is 6.35. The van der Waals surface area contributed by atoms with E-state index in [0.29, 0.717) is 41.2 Å². The summed E-state index contributed by atoms with van der Waals surface area (Å²) in [5, 5.41) is 19.8. The number of aromatic nitrogens is 2. The molecule has 1 aromatic heterocycles. The van der Waals surface area contributed by atoms with Gasteiger partial charge in [0.1, 0.15) is 11.5 Å². The summed E-state index contributed by atoms with van der Waals surface area (Å²) in [7, 11) is 2.02. The van der Waals surface area contributed by atoms with E-state index in [9.17, 15) is 14.9 Å². The quantitative estimate of drug-likeness (QED) is 0.413. The third-order valence-corrected chi connectivity index (χ3v) is 6.16. The Balaban J connectivity index is 1.53. The standard InChI is InChI=1S/C22H22Cl2N6O3/c1-27-8-10-28(11-9-27)19-5-3-15(12-20(19)30(32)33)22(31)26-21-6-7-25-29(21)14-16-2-4-17(23)13-18(16)24/h2-7,12-13H,8-11,14H2,1H3,(H,26,31). The first-order chi connectivity index (χ1) is 15.8. The topological polar surface area (TPSA) is 96.5 Å². The fourth-order valence-electron chi connectivity index (χ4n) is 3.69. The van der Waals surface area contributed by atoms with Gasteiger partial charge in [0.05, 0.1) is 17.7 Å². The molecule has 0 saturated carbocycles.